The van der Waals surface area contributed by atoms with Crippen LogP contribution in [0.2, 0.25) is 0 Å². The molecular weight excluding hydrogens is 290 g/mol. The van der Waals surface area contributed by atoms with Crippen LogP contribution in [-0.4, -0.2) is 57.6 Å². The van der Waals surface area contributed by atoms with Crippen LogP contribution in [0.5, 0.6) is 0 Å². The van der Waals surface area contributed by atoms with Gasteiger partial charge in [0.2, 0.25) is 0 Å². The normalized spacial score (nSPS) is 22.3. The van der Waals surface area contributed by atoms with E-state index in [1.165, 1.54) is 18.0 Å². The van der Waals surface area contributed by atoms with Gasteiger partial charge < -0.3 is 14.6 Å². The highest BCUT2D eigenvalue weighted by molar-refractivity contribution is 6.01. The Morgan fingerprint density at radius 1 is 1.50 bits per heavy atom. The molecule has 2 heterocycles. The molecule has 2 N–H and O–H groups in total. The first-order chi connectivity index (χ1) is 10.1. The molecule has 1 fully saturated rings. The summed E-state index contributed by atoms with van der Waals surface area (Å²) in [6.07, 6.45) is 0.179. The van der Waals surface area contributed by atoms with Crippen molar-refractivity contribution in [1.29, 1.82) is 0 Å². The maximum Gasteiger partial charge on any atom is 0.341 e. The second-order valence-electron chi connectivity index (χ2n) is 6.33. The Morgan fingerprint density at radius 3 is 2.73 bits per heavy atom. The van der Waals surface area contributed by atoms with Crippen molar-refractivity contribution in [2.24, 2.45) is 0 Å². The number of aromatic nitrogens is 2. The number of hydrogen-bond acceptors (Lipinski definition) is 6. The summed E-state index contributed by atoms with van der Waals surface area (Å²) in [7, 11) is 0. The summed E-state index contributed by atoms with van der Waals surface area (Å²) in [4.78, 5) is 26.1. The number of anilines is 1. The van der Waals surface area contributed by atoms with E-state index >= 15 is 0 Å². The van der Waals surface area contributed by atoms with Crippen molar-refractivity contribution < 1.29 is 24.2 Å². The largest absolute Gasteiger partial charge is 0.458 e. The number of hydrogen-bond donors (Lipinski definition) is 2. The molecule has 1 aliphatic heterocycles. The molecule has 1 saturated heterocycles. The summed E-state index contributed by atoms with van der Waals surface area (Å²) < 4.78 is 10.5. The lowest BCUT2D eigenvalue weighted by atomic mass is 9.96. The molecule has 2 atom stereocenters. The van der Waals surface area contributed by atoms with Gasteiger partial charge in [0, 0.05) is 6.07 Å². The predicted molar refractivity (Wildman–Crippen MR) is 77.1 cm³/mol. The molecule has 122 valence electrons. The van der Waals surface area contributed by atoms with E-state index in [4.69, 9.17) is 9.47 Å². The van der Waals surface area contributed by atoms with Crippen LogP contribution in [0.3, 0.4) is 0 Å². The van der Waals surface area contributed by atoms with Gasteiger partial charge in [-0.15, -0.1) is 0 Å². The minimum Gasteiger partial charge on any atom is -0.458 e. The van der Waals surface area contributed by atoms with Crippen molar-refractivity contribution in [2.75, 3.05) is 18.1 Å². The van der Waals surface area contributed by atoms with Crippen molar-refractivity contribution in [3.8, 4) is 0 Å². The van der Waals surface area contributed by atoms with E-state index in [9.17, 15) is 14.7 Å². The molecular formula is C14H21N3O5. The monoisotopic (exact) mass is 311 g/mol. The fourth-order valence-electron chi connectivity index (χ4n) is 2.11. The Kier molecular flexibility index (Phi) is 4.25. The van der Waals surface area contributed by atoms with Crippen LogP contribution in [0, 0.1) is 0 Å². The highest BCUT2D eigenvalue weighted by atomic mass is 16.6. The summed E-state index contributed by atoms with van der Waals surface area (Å²) >= 11 is 0. The number of nitrogens with one attached hydrogen (secondary N) is 1. The molecule has 0 radical (unpaired) electrons. The highest BCUT2D eigenvalue weighted by Gasteiger charge is 2.50. The fourth-order valence-corrected chi connectivity index (χ4v) is 2.11. The molecule has 1 aliphatic rings. The Morgan fingerprint density at radius 2 is 2.18 bits per heavy atom. The lowest BCUT2D eigenvalue weighted by molar-refractivity contribution is -0.194. The molecule has 0 bridgehead atoms. The average Bonchev–Trinajstić information content (AvgIpc) is 2.90. The van der Waals surface area contributed by atoms with Crippen molar-refractivity contribution in [1.82, 2.24) is 10.2 Å². The first kappa shape index (κ1) is 16.4. The van der Waals surface area contributed by atoms with Gasteiger partial charge in [0.25, 0.3) is 5.91 Å². The number of morpholine rings is 1. The van der Waals surface area contributed by atoms with Crippen molar-refractivity contribution in [2.45, 2.75) is 45.0 Å². The third-order valence-corrected chi connectivity index (χ3v) is 3.19. The summed E-state index contributed by atoms with van der Waals surface area (Å²) in [5.41, 5.74) is -2.86. The lowest BCUT2D eigenvalue weighted by Crippen LogP contribution is -2.61. The zero-order valence-electron chi connectivity index (χ0n) is 13.1. The maximum absolute atomic E-state index is 12.5. The second-order valence-corrected chi connectivity index (χ2v) is 6.33. The molecule has 1 unspecified atom stereocenters. The molecule has 8 nitrogen and oxygen atoms in total. The maximum atomic E-state index is 12.5. The van der Waals surface area contributed by atoms with E-state index < -0.39 is 29.2 Å². The number of ether oxygens (including phenoxy) is 2. The molecule has 0 spiro atoms. The van der Waals surface area contributed by atoms with Gasteiger partial charge in [-0.1, -0.05) is 0 Å². The number of amides is 1. The smallest absolute Gasteiger partial charge is 0.341 e. The van der Waals surface area contributed by atoms with Gasteiger partial charge in [0.05, 0.1) is 19.3 Å². The van der Waals surface area contributed by atoms with Gasteiger partial charge in [-0.25, -0.2) is 4.79 Å². The molecule has 2 rings (SSSR count). The van der Waals surface area contributed by atoms with Crippen molar-refractivity contribution in [3.63, 3.8) is 0 Å². The van der Waals surface area contributed by atoms with Crippen LogP contribution in [0.4, 0.5) is 5.82 Å². The number of rotatable bonds is 3. The molecule has 8 heteroatoms. The zero-order chi connectivity index (χ0) is 16.5. The number of carbonyl (C=O) groups is 2. The summed E-state index contributed by atoms with van der Waals surface area (Å²) in [5.74, 6) is -0.936. The number of aliphatic hydroxyl groups is 1. The minimum atomic E-state index is -2.08. The summed E-state index contributed by atoms with van der Waals surface area (Å²) in [6.45, 7) is 6.76. The second kappa shape index (κ2) is 5.69. The predicted octanol–water partition coefficient (Wildman–Crippen LogP) is 0.234. The number of aromatic amines is 1. The topological polar surface area (TPSA) is 105 Å². The Labute approximate surface area is 128 Å². The average molecular weight is 311 g/mol. The number of esters is 1. The Bertz CT molecular complexity index is 547. The van der Waals surface area contributed by atoms with Crippen molar-refractivity contribution >= 4 is 17.7 Å². The van der Waals surface area contributed by atoms with E-state index in [2.05, 4.69) is 10.2 Å². The minimum absolute atomic E-state index is 0.189. The summed E-state index contributed by atoms with van der Waals surface area (Å²) in [5, 5.41) is 17.0. The third kappa shape index (κ3) is 3.28. The molecule has 0 saturated carbocycles. The Hall–Kier alpha value is -1.93. The van der Waals surface area contributed by atoms with Crippen LogP contribution < -0.4 is 4.90 Å². The van der Waals surface area contributed by atoms with Gasteiger partial charge in [-0.3, -0.25) is 14.8 Å². The van der Waals surface area contributed by atoms with Crippen LogP contribution in [0.25, 0.3) is 0 Å². The van der Waals surface area contributed by atoms with Gasteiger partial charge in [0.1, 0.15) is 11.4 Å². The zero-order valence-corrected chi connectivity index (χ0v) is 13.1. The van der Waals surface area contributed by atoms with Crippen molar-refractivity contribution in [3.05, 3.63) is 12.3 Å². The number of H-pyrrole nitrogens is 1. The van der Waals surface area contributed by atoms with Gasteiger partial charge >= 0.3 is 5.97 Å². The molecule has 0 aliphatic carbocycles. The number of carbonyl (C=O) groups excluding carboxylic acids is 2. The quantitative estimate of drug-likeness (QED) is 0.775. The van der Waals surface area contributed by atoms with E-state index in [-0.39, 0.29) is 6.61 Å². The SMILES string of the molecule is CC(C)(C)OC(=O)C(C)(O)[C@H]1OCCN(c2ccn[nH]2)C1=O. The molecule has 22 heavy (non-hydrogen) atoms. The van der Waals surface area contributed by atoms with E-state index in [1.807, 2.05) is 0 Å². The number of nitrogens with zero attached hydrogens (tertiary/aromatic N) is 2. The van der Waals surface area contributed by atoms with Gasteiger partial charge in [0.15, 0.2) is 11.7 Å². The van der Waals surface area contributed by atoms with Crippen LogP contribution in [0.1, 0.15) is 27.7 Å². The molecule has 1 aromatic rings. The molecule has 0 aromatic carbocycles. The third-order valence-electron chi connectivity index (χ3n) is 3.19. The highest BCUT2D eigenvalue weighted by Crippen LogP contribution is 2.25. The molecule has 1 aromatic heterocycles. The molecule has 1 amide bonds. The van der Waals surface area contributed by atoms with Crippen LogP contribution >= 0.6 is 0 Å². The van der Waals surface area contributed by atoms with Gasteiger partial charge in [-0.2, -0.15) is 5.10 Å². The van der Waals surface area contributed by atoms with E-state index in [0.717, 1.165) is 0 Å². The van der Waals surface area contributed by atoms with Gasteiger partial charge in [-0.05, 0) is 27.7 Å². The van der Waals surface area contributed by atoms with E-state index in [0.29, 0.717) is 12.4 Å². The summed E-state index contributed by atoms with van der Waals surface area (Å²) in [6, 6.07) is 1.63. The standard InChI is InChI=1S/C14H21N3O5/c1-13(2,3)22-12(19)14(4,20)10-11(18)17(7-8-21-10)9-5-6-15-16-9/h5-6,10,20H,7-8H2,1-4H3,(H,15,16)/t10-,14?/m0/s1. The lowest BCUT2D eigenvalue weighted by Gasteiger charge is -2.38. The fraction of sp³-hybridized carbons (Fsp3) is 0.643. The first-order valence-electron chi connectivity index (χ1n) is 7.01. The van der Waals surface area contributed by atoms with E-state index in [1.54, 1.807) is 26.8 Å². The first-order valence-corrected chi connectivity index (χ1v) is 7.01. The van der Waals surface area contributed by atoms with Crippen LogP contribution in [-0.2, 0) is 19.1 Å². The van der Waals surface area contributed by atoms with Crippen LogP contribution in [0.15, 0.2) is 12.3 Å². The Balaban J connectivity index is 2.19.